The van der Waals surface area contributed by atoms with Crippen molar-refractivity contribution in [2.24, 2.45) is 5.92 Å². The lowest BCUT2D eigenvalue weighted by molar-refractivity contribution is -0.137. The minimum atomic E-state index is -1.00. The summed E-state index contributed by atoms with van der Waals surface area (Å²) in [5.74, 6) is -0.647. The second kappa shape index (κ2) is 6.44. The molecule has 0 aliphatic carbocycles. The molecule has 1 saturated heterocycles. The molecule has 0 aromatic heterocycles. The Morgan fingerprint density at radius 2 is 2.06 bits per heavy atom. The first-order chi connectivity index (χ1) is 8.00. The first-order valence-corrected chi connectivity index (χ1v) is 5.76. The number of rotatable bonds is 4. The van der Waals surface area contributed by atoms with Gasteiger partial charge in [0, 0.05) is 33.2 Å². The van der Waals surface area contributed by atoms with Crippen molar-refractivity contribution in [2.75, 3.05) is 40.4 Å². The fourth-order valence-corrected chi connectivity index (χ4v) is 1.98. The maximum absolute atomic E-state index is 11.8. The third kappa shape index (κ3) is 4.60. The van der Waals surface area contributed by atoms with Gasteiger partial charge in [-0.2, -0.15) is 0 Å². The lowest BCUT2D eigenvalue weighted by Crippen LogP contribution is -2.44. The Labute approximate surface area is 101 Å². The van der Waals surface area contributed by atoms with Crippen LogP contribution in [0.25, 0.3) is 0 Å². The van der Waals surface area contributed by atoms with E-state index in [1.165, 1.54) is 11.9 Å². The Bertz CT molecular complexity index is 277. The van der Waals surface area contributed by atoms with Gasteiger partial charge in [0.05, 0.1) is 6.61 Å². The SMILES string of the molecule is CN(CC(=O)O)C(=O)N(C)CC1CCCOC1. The van der Waals surface area contributed by atoms with Crippen LogP contribution < -0.4 is 0 Å². The third-order valence-electron chi connectivity index (χ3n) is 2.81. The molecular weight excluding hydrogens is 224 g/mol. The van der Waals surface area contributed by atoms with Crippen LogP contribution in [-0.4, -0.2) is 67.3 Å². The van der Waals surface area contributed by atoms with Crippen LogP contribution in [0.2, 0.25) is 0 Å². The normalized spacial score (nSPS) is 19.8. The number of likely N-dealkylation sites (N-methyl/N-ethyl adjacent to an activating group) is 1. The number of amides is 2. The van der Waals surface area contributed by atoms with Crippen molar-refractivity contribution in [2.45, 2.75) is 12.8 Å². The molecule has 1 fully saturated rings. The number of hydrogen-bond acceptors (Lipinski definition) is 3. The highest BCUT2D eigenvalue weighted by molar-refractivity contribution is 5.79. The van der Waals surface area contributed by atoms with E-state index in [1.807, 2.05) is 0 Å². The first kappa shape index (κ1) is 13.8. The van der Waals surface area contributed by atoms with Crippen LogP contribution in [0, 0.1) is 5.92 Å². The first-order valence-electron chi connectivity index (χ1n) is 5.76. The van der Waals surface area contributed by atoms with Gasteiger partial charge in [-0.15, -0.1) is 0 Å². The topological polar surface area (TPSA) is 70.1 Å². The molecule has 1 N–H and O–H groups in total. The number of carboxylic acids is 1. The number of carboxylic acid groups (broad SMARTS) is 1. The zero-order valence-corrected chi connectivity index (χ0v) is 10.4. The van der Waals surface area contributed by atoms with Crippen molar-refractivity contribution in [3.8, 4) is 0 Å². The van der Waals surface area contributed by atoms with Crippen LogP contribution in [-0.2, 0) is 9.53 Å². The van der Waals surface area contributed by atoms with Gasteiger partial charge in [0.2, 0.25) is 0 Å². The molecule has 1 unspecified atom stereocenters. The number of aliphatic carboxylic acids is 1. The third-order valence-corrected chi connectivity index (χ3v) is 2.81. The van der Waals surface area contributed by atoms with Gasteiger partial charge in [0.25, 0.3) is 0 Å². The standard InChI is InChI=1S/C11H20N2O4/c1-12(6-9-4-3-5-17-8-9)11(16)13(2)7-10(14)15/h9H,3-8H2,1-2H3,(H,14,15). The monoisotopic (exact) mass is 244 g/mol. The minimum Gasteiger partial charge on any atom is -0.480 e. The van der Waals surface area contributed by atoms with E-state index in [0.29, 0.717) is 19.1 Å². The van der Waals surface area contributed by atoms with Crippen molar-refractivity contribution in [1.82, 2.24) is 9.80 Å². The van der Waals surface area contributed by atoms with Crippen molar-refractivity contribution < 1.29 is 19.4 Å². The Hall–Kier alpha value is -1.30. The van der Waals surface area contributed by atoms with Crippen molar-refractivity contribution in [3.63, 3.8) is 0 Å². The van der Waals surface area contributed by atoms with E-state index in [4.69, 9.17) is 9.84 Å². The maximum Gasteiger partial charge on any atom is 0.323 e. The molecule has 0 saturated carbocycles. The van der Waals surface area contributed by atoms with Crippen LogP contribution in [0.3, 0.4) is 0 Å². The lowest BCUT2D eigenvalue weighted by Gasteiger charge is -2.29. The summed E-state index contributed by atoms with van der Waals surface area (Å²) >= 11 is 0. The van der Waals surface area contributed by atoms with Gasteiger partial charge in [0.1, 0.15) is 6.54 Å². The lowest BCUT2D eigenvalue weighted by atomic mass is 10.0. The molecule has 2 amide bonds. The van der Waals surface area contributed by atoms with Gasteiger partial charge in [-0.25, -0.2) is 4.79 Å². The van der Waals surface area contributed by atoms with Gasteiger partial charge in [-0.1, -0.05) is 0 Å². The van der Waals surface area contributed by atoms with E-state index in [2.05, 4.69) is 0 Å². The largest absolute Gasteiger partial charge is 0.480 e. The highest BCUT2D eigenvalue weighted by Crippen LogP contribution is 2.14. The Morgan fingerprint density at radius 3 is 2.59 bits per heavy atom. The number of carbonyl (C=O) groups is 2. The van der Waals surface area contributed by atoms with Crippen molar-refractivity contribution in [1.29, 1.82) is 0 Å². The smallest absolute Gasteiger partial charge is 0.323 e. The van der Waals surface area contributed by atoms with E-state index in [9.17, 15) is 9.59 Å². The summed E-state index contributed by atoms with van der Waals surface area (Å²) in [6.07, 6.45) is 2.08. The van der Waals surface area contributed by atoms with Gasteiger partial charge in [-0.3, -0.25) is 4.79 Å². The molecule has 6 heteroatoms. The number of ether oxygens (including phenoxy) is 1. The highest BCUT2D eigenvalue weighted by Gasteiger charge is 2.21. The summed E-state index contributed by atoms with van der Waals surface area (Å²) in [7, 11) is 3.18. The number of nitrogens with zero attached hydrogens (tertiary/aromatic N) is 2. The fraction of sp³-hybridized carbons (Fsp3) is 0.818. The molecule has 1 heterocycles. The highest BCUT2D eigenvalue weighted by atomic mass is 16.5. The molecule has 0 aromatic rings. The predicted molar refractivity (Wildman–Crippen MR) is 61.8 cm³/mol. The van der Waals surface area contributed by atoms with Gasteiger partial charge >= 0.3 is 12.0 Å². The number of hydrogen-bond donors (Lipinski definition) is 1. The van der Waals surface area contributed by atoms with Gasteiger partial charge in [0.15, 0.2) is 0 Å². The molecule has 1 rings (SSSR count). The molecule has 0 aromatic carbocycles. The quantitative estimate of drug-likeness (QED) is 0.781. The average Bonchev–Trinajstić information content (AvgIpc) is 2.28. The van der Waals surface area contributed by atoms with Crippen LogP contribution in [0.4, 0.5) is 4.79 Å². The van der Waals surface area contributed by atoms with E-state index in [-0.39, 0.29) is 12.6 Å². The predicted octanol–water partition coefficient (Wildman–Crippen LogP) is 0.481. The zero-order chi connectivity index (χ0) is 12.8. The summed E-state index contributed by atoms with van der Waals surface area (Å²) in [6.45, 7) is 1.82. The van der Waals surface area contributed by atoms with Crippen LogP contribution >= 0.6 is 0 Å². The molecule has 1 aliphatic heterocycles. The molecule has 1 atom stereocenters. The average molecular weight is 244 g/mol. The number of carbonyl (C=O) groups excluding carboxylic acids is 1. The summed E-state index contributed by atoms with van der Waals surface area (Å²) < 4.78 is 5.34. The second-order valence-corrected chi connectivity index (χ2v) is 4.50. The van der Waals surface area contributed by atoms with Gasteiger partial charge < -0.3 is 19.6 Å². The molecule has 6 nitrogen and oxygen atoms in total. The van der Waals surface area contributed by atoms with Crippen LogP contribution in [0.1, 0.15) is 12.8 Å². The fourth-order valence-electron chi connectivity index (χ4n) is 1.98. The van der Waals surface area contributed by atoms with E-state index >= 15 is 0 Å². The van der Waals surface area contributed by atoms with E-state index in [0.717, 1.165) is 19.4 Å². The Kier molecular flexibility index (Phi) is 5.21. The minimum absolute atomic E-state index is 0.266. The maximum atomic E-state index is 11.8. The van der Waals surface area contributed by atoms with Gasteiger partial charge in [-0.05, 0) is 12.8 Å². The van der Waals surface area contributed by atoms with Crippen molar-refractivity contribution >= 4 is 12.0 Å². The Morgan fingerprint density at radius 1 is 1.35 bits per heavy atom. The molecule has 1 aliphatic rings. The summed E-state index contributed by atoms with van der Waals surface area (Å²) in [4.78, 5) is 25.1. The van der Waals surface area contributed by atoms with Crippen molar-refractivity contribution in [3.05, 3.63) is 0 Å². The van der Waals surface area contributed by atoms with E-state index < -0.39 is 5.97 Å². The summed E-state index contributed by atoms with van der Waals surface area (Å²) in [5.41, 5.74) is 0. The van der Waals surface area contributed by atoms with Crippen LogP contribution in [0.5, 0.6) is 0 Å². The summed E-state index contributed by atoms with van der Waals surface area (Å²) in [5, 5.41) is 8.60. The molecule has 0 radical (unpaired) electrons. The second-order valence-electron chi connectivity index (χ2n) is 4.50. The zero-order valence-electron chi connectivity index (χ0n) is 10.4. The number of urea groups is 1. The molecule has 0 spiro atoms. The van der Waals surface area contributed by atoms with E-state index in [1.54, 1.807) is 11.9 Å². The molecule has 98 valence electrons. The summed E-state index contributed by atoms with van der Waals surface area (Å²) in [6, 6.07) is -0.266. The molecule has 0 bridgehead atoms. The molecule has 17 heavy (non-hydrogen) atoms. The van der Waals surface area contributed by atoms with Crippen LogP contribution in [0.15, 0.2) is 0 Å². The Balaban J connectivity index is 2.37. The molecular formula is C11H20N2O4.